The molecule has 8 heteroatoms. The molecule has 27 heavy (non-hydrogen) atoms. The average molecular weight is 429 g/mol. The summed E-state index contributed by atoms with van der Waals surface area (Å²) in [5, 5.41) is 3.11. The van der Waals surface area contributed by atoms with E-state index in [0.29, 0.717) is 0 Å². The number of sulfonamides is 1. The average Bonchev–Trinajstić information content (AvgIpc) is 2.57. The molecule has 0 radical (unpaired) electrons. The zero-order chi connectivity index (χ0) is 20.4. The molecule has 0 aromatic heterocycles. The molecular weight excluding hydrogens is 407 g/mol. The molecule has 1 amide bonds. The summed E-state index contributed by atoms with van der Waals surface area (Å²) in [4.78, 5) is 12.4. The maximum absolute atomic E-state index is 12.7. The zero-order valence-electron chi connectivity index (χ0n) is 15.6. The van der Waals surface area contributed by atoms with Crippen molar-refractivity contribution in [2.24, 2.45) is 0 Å². The monoisotopic (exact) mass is 428 g/mol. The summed E-state index contributed by atoms with van der Waals surface area (Å²) in [6, 6.07) is 11.5. The van der Waals surface area contributed by atoms with Crippen molar-refractivity contribution in [2.45, 2.75) is 31.1 Å². The van der Waals surface area contributed by atoms with Gasteiger partial charge in [-0.1, -0.05) is 62.2 Å². The Morgan fingerprint density at radius 2 is 1.56 bits per heavy atom. The van der Waals surface area contributed by atoms with Crippen LogP contribution in [0.2, 0.25) is 10.0 Å². The van der Waals surface area contributed by atoms with Crippen LogP contribution in [0.5, 0.6) is 0 Å². The number of likely N-dealkylation sites (N-methyl/N-ethyl adjacent to an activating group) is 1. The quantitative estimate of drug-likeness (QED) is 0.759. The van der Waals surface area contributed by atoms with E-state index in [1.807, 2.05) is 20.8 Å². The van der Waals surface area contributed by atoms with Crippen molar-refractivity contribution in [2.75, 3.05) is 18.9 Å². The van der Waals surface area contributed by atoms with Crippen molar-refractivity contribution < 1.29 is 13.2 Å². The molecule has 0 spiro atoms. The van der Waals surface area contributed by atoms with Gasteiger partial charge < -0.3 is 5.32 Å². The number of amides is 1. The minimum atomic E-state index is -3.80. The molecule has 0 saturated heterocycles. The molecule has 2 aromatic rings. The van der Waals surface area contributed by atoms with Gasteiger partial charge in [0.15, 0.2) is 0 Å². The van der Waals surface area contributed by atoms with Gasteiger partial charge in [-0.25, -0.2) is 8.42 Å². The van der Waals surface area contributed by atoms with Crippen molar-refractivity contribution in [3.63, 3.8) is 0 Å². The van der Waals surface area contributed by atoms with Gasteiger partial charge in [0.05, 0.1) is 27.2 Å². The fourth-order valence-electron chi connectivity index (χ4n) is 2.39. The third kappa shape index (κ3) is 5.23. The summed E-state index contributed by atoms with van der Waals surface area (Å²) in [5.74, 6) is -0.539. The van der Waals surface area contributed by atoms with E-state index in [1.165, 1.54) is 7.05 Å². The number of halogens is 2. The summed E-state index contributed by atoms with van der Waals surface area (Å²) in [7, 11) is -2.45. The highest BCUT2D eigenvalue weighted by Gasteiger charge is 2.24. The SMILES string of the molecule is CN(CC(=O)Nc1c(Cl)cccc1Cl)S(=O)(=O)c1ccc(C(C)(C)C)cc1. The first kappa shape index (κ1) is 21.7. The molecule has 0 bridgehead atoms. The number of anilines is 1. The third-order valence-electron chi connectivity index (χ3n) is 4.02. The highest BCUT2D eigenvalue weighted by Crippen LogP contribution is 2.30. The number of para-hydroxylation sites is 1. The van der Waals surface area contributed by atoms with E-state index in [0.717, 1.165) is 9.87 Å². The van der Waals surface area contributed by atoms with Gasteiger partial charge in [-0.3, -0.25) is 4.79 Å². The highest BCUT2D eigenvalue weighted by atomic mass is 35.5. The number of hydrogen-bond donors (Lipinski definition) is 1. The Balaban J connectivity index is 2.14. The Hall–Kier alpha value is -1.60. The minimum Gasteiger partial charge on any atom is -0.322 e. The lowest BCUT2D eigenvalue weighted by molar-refractivity contribution is -0.116. The van der Waals surface area contributed by atoms with Gasteiger partial charge in [0.1, 0.15) is 0 Å². The summed E-state index contributed by atoms with van der Waals surface area (Å²) in [5.41, 5.74) is 1.20. The molecule has 0 aliphatic rings. The van der Waals surface area contributed by atoms with E-state index in [9.17, 15) is 13.2 Å². The van der Waals surface area contributed by atoms with Crippen LogP contribution in [0.4, 0.5) is 5.69 Å². The number of benzene rings is 2. The molecule has 2 aromatic carbocycles. The topological polar surface area (TPSA) is 66.5 Å². The highest BCUT2D eigenvalue weighted by molar-refractivity contribution is 7.89. The van der Waals surface area contributed by atoms with E-state index in [2.05, 4.69) is 5.32 Å². The Bertz CT molecular complexity index is 916. The lowest BCUT2D eigenvalue weighted by Gasteiger charge is -2.21. The van der Waals surface area contributed by atoms with Crippen molar-refractivity contribution in [1.29, 1.82) is 0 Å². The van der Waals surface area contributed by atoms with Gasteiger partial charge in [0.2, 0.25) is 15.9 Å². The summed E-state index contributed by atoms with van der Waals surface area (Å²) in [6.45, 7) is 5.78. The molecule has 0 saturated carbocycles. The van der Waals surface area contributed by atoms with Crippen LogP contribution in [0.3, 0.4) is 0 Å². The summed E-state index contributed by atoms with van der Waals surface area (Å²) >= 11 is 12.0. The van der Waals surface area contributed by atoms with Gasteiger partial charge in [-0.2, -0.15) is 4.31 Å². The first-order valence-electron chi connectivity index (χ1n) is 8.23. The van der Waals surface area contributed by atoms with E-state index >= 15 is 0 Å². The van der Waals surface area contributed by atoms with Crippen molar-refractivity contribution >= 4 is 44.8 Å². The second-order valence-corrected chi connectivity index (χ2v) is 10.0. The van der Waals surface area contributed by atoms with Crippen LogP contribution in [0.1, 0.15) is 26.3 Å². The van der Waals surface area contributed by atoms with Gasteiger partial charge in [-0.05, 0) is 35.2 Å². The Morgan fingerprint density at radius 1 is 1.04 bits per heavy atom. The predicted octanol–water partition coefficient (Wildman–Crippen LogP) is 4.55. The molecular formula is C19H22Cl2N2O3S. The van der Waals surface area contributed by atoms with Crippen LogP contribution in [0.25, 0.3) is 0 Å². The second kappa shape index (κ2) is 8.19. The molecule has 0 fully saturated rings. The molecule has 0 unspecified atom stereocenters. The van der Waals surface area contributed by atoms with Gasteiger partial charge in [-0.15, -0.1) is 0 Å². The van der Waals surface area contributed by atoms with Gasteiger partial charge in [0, 0.05) is 7.05 Å². The number of hydrogen-bond acceptors (Lipinski definition) is 3. The van der Waals surface area contributed by atoms with Crippen molar-refractivity contribution in [3.8, 4) is 0 Å². The Labute approximate surface area is 170 Å². The lowest BCUT2D eigenvalue weighted by atomic mass is 9.87. The molecule has 0 aliphatic carbocycles. The first-order chi connectivity index (χ1) is 12.4. The molecule has 0 atom stereocenters. The van der Waals surface area contributed by atoms with Crippen molar-refractivity contribution in [3.05, 3.63) is 58.1 Å². The largest absolute Gasteiger partial charge is 0.322 e. The van der Waals surface area contributed by atoms with E-state index in [4.69, 9.17) is 23.2 Å². The fraction of sp³-hybridized carbons (Fsp3) is 0.316. The number of nitrogens with one attached hydrogen (secondary N) is 1. The lowest BCUT2D eigenvalue weighted by Crippen LogP contribution is -2.35. The summed E-state index contributed by atoms with van der Waals surface area (Å²) < 4.78 is 26.4. The molecule has 1 N–H and O–H groups in total. The summed E-state index contributed by atoms with van der Waals surface area (Å²) in [6.07, 6.45) is 0. The van der Waals surface area contributed by atoms with Crippen LogP contribution in [-0.4, -0.2) is 32.2 Å². The zero-order valence-corrected chi connectivity index (χ0v) is 17.9. The molecule has 0 aliphatic heterocycles. The van der Waals surface area contributed by atoms with Crippen LogP contribution < -0.4 is 5.32 Å². The van der Waals surface area contributed by atoms with Crippen LogP contribution in [0, 0.1) is 0 Å². The minimum absolute atomic E-state index is 0.0811. The predicted molar refractivity (Wildman–Crippen MR) is 110 cm³/mol. The van der Waals surface area contributed by atoms with Crippen molar-refractivity contribution in [1.82, 2.24) is 4.31 Å². The van der Waals surface area contributed by atoms with E-state index in [1.54, 1.807) is 42.5 Å². The number of nitrogens with zero attached hydrogens (tertiary/aromatic N) is 1. The normalized spacial score (nSPS) is 12.3. The van der Waals surface area contributed by atoms with Gasteiger partial charge >= 0.3 is 0 Å². The molecule has 0 heterocycles. The Kier molecular flexibility index (Phi) is 6.58. The van der Waals surface area contributed by atoms with Crippen LogP contribution >= 0.6 is 23.2 Å². The molecule has 2 rings (SSSR count). The standard InChI is InChI=1S/C19H22Cl2N2O3S/c1-19(2,3)13-8-10-14(11-9-13)27(25,26)23(4)12-17(24)22-18-15(20)6-5-7-16(18)21/h5-11H,12H2,1-4H3,(H,22,24). The van der Waals surface area contributed by atoms with Crippen LogP contribution in [-0.2, 0) is 20.2 Å². The number of carbonyl (C=O) groups excluding carboxylic acids is 1. The fourth-order valence-corrected chi connectivity index (χ4v) is 4.01. The Morgan fingerprint density at radius 3 is 2.04 bits per heavy atom. The third-order valence-corrected chi connectivity index (χ3v) is 6.47. The van der Waals surface area contributed by atoms with E-state index < -0.39 is 15.9 Å². The molecule has 5 nitrogen and oxygen atoms in total. The van der Waals surface area contributed by atoms with E-state index in [-0.39, 0.29) is 32.6 Å². The maximum Gasteiger partial charge on any atom is 0.243 e. The van der Waals surface area contributed by atoms with Gasteiger partial charge in [0.25, 0.3) is 0 Å². The molecule has 146 valence electrons. The number of rotatable bonds is 5. The maximum atomic E-state index is 12.7. The van der Waals surface area contributed by atoms with Crippen LogP contribution in [0.15, 0.2) is 47.4 Å². The second-order valence-electron chi connectivity index (χ2n) is 7.18. The smallest absolute Gasteiger partial charge is 0.243 e. The first-order valence-corrected chi connectivity index (χ1v) is 10.4. The number of carbonyl (C=O) groups is 1.